The van der Waals surface area contributed by atoms with E-state index in [-0.39, 0.29) is 5.70 Å². The Morgan fingerprint density at radius 1 is 1.69 bits per heavy atom. The number of thiazole rings is 1. The van der Waals surface area contributed by atoms with E-state index in [0.717, 1.165) is 0 Å². The third kappa shape index (κ3) is 2.23. The molecule has 0 spiro atoms. The van der Waals surface area contributed by atoms with Gasteiger partial charge < -0.3 is 9.29 Å². The number of rotatable bonds is 2. The number of methoxy groups -OCH3 is 1. The number of ether oxygens (including phenoxy) is 1. The Morgan fingerprint density at radius 2 is 2.50 bits per heavy atom. The van der Waals surface area contributed by atoms with Gasteiger partial charge in [0.2, 0.25) is 11.5 Å². The molecular formula is C8H7N3O3S2. The fraction of sp³-hybridized carbons (Fsp3) is 0.125. The zero-order chi connectivity index (χ0) is 11.5. The average molecular weight is 257 g/mol. The van der Waals surface area contributed by atoms with Crippen molar-refractivity contribution < 1.29 is 14.1 Å². The quantitative estimate of drug-likeness (QED) is 0.603. The van der Waals surface area contributed by atoms with Crippen LogP contribution in [0.3, 0.4) is 0 Å². The number of aromatic nitrogens is 1. The number of hydrogen-bond donors (Lipinski definition) is 1. The largest absolute Gasteiger partial charge is 0.567 e. The van der Waals surface area contributed by atoms with Crippen molar-refractivity contribution >= 4 is 34.6 Å². The molecule has 6 nitrogen and oxygen atoms in total. The maximum absolute atomic E-state index is 11.3. The summed E-state index contributed by atoms with van der Waals surface area (Å²) in [5, 5.41) is 2.38. The number of nitrogens with zero attached hydrogens (tertiary/aromatic N) is 2. The van der Waals surface area contributed by atoms with Crippen LogP contribution in [-0.2, 0) is 21.1 Å². The van der Waals surface area contributed by atoms with Crippen molar-refractivity contribution in [3.8, 4) is 0 Å². The SMILES string of the molecule is COC(=O)C1=CC(c2nccs2)=N[S+]([O-])N1. The molecule has 0 aliphatic carbocycles. The molecule has 0 saturated carbocycles. The minimum absolute atomic E-state index is 0.112. The minimum Gasteiger partial charge on any atom is -0.567 e. The Bertz CT molecular complexity index is 455. The van der Waals surface area contributed by atoms with Gasteiger partial charge in [-0.05, 0) is 4.40 Å². The normalized spacial score (nSPS) is 19.5. The number of esters is 1. The van der Waals surface area contributed by atoms with Crippen LogP contribution in [0.1, 0.15) is 5.01 Å². The van der Waals surface area contributed by atoms with Gasteiger partial charge in [-0.15, -0.1) is 11.3 Å². The molecular weight excluding hydrogens is 250 g/mol. The summed E-state index contributed by atoms with van der Waals surface area (Å²) < 4.78 is 22.1. The Kier molecular flexibility index (Phi) is 3.22. The van der Waals surface area contributed by atoms with Crippen LogP contribution < -0.4 is 4.72 Å². The molecule has 0 fully saturated rings. The molecule has 8 heteroatoms. The van der Waals surface area contributed by atoms with Gasteiger partial charge in [-0.25, -0.2) is 9.78 Å². The molecule has 0 bridgehead atoms. The lowest BCUT2D eigenvalue weighted by atomic mass is 10.3. The van der Waals surface area contributed by atoms with Gasteiger partial charge in [0.1, 0.15) is 5.01 Å². The van der Waals surface area contributed by atoms with Gasteiger partial charge in [0.25, 0.3) is 0 Å². The second kappa shape index (κ2) is 4.64. The van der Waals surface area contributed by atoms with Crippen LogP contribution in [0.5, 0.6) is 0 Å². The first-order valence-electron chi connectivity index (χ1n) is 4.18. The molecule has 16 heavy (non-hydrogen) atoms. The maximum Gasteiger partial charge on any atom is 0.358 e. The first kappa shape index (κ1) is 11.1. The Balaban J connectivity index is 2.32. The predicted molar refractivity (Wildman–Crippen MR) is 60.0 cm³/mol. The Morgan fingerprint density at radius 3 is 3.12 bits per heavy atom. The number of carbonyl (C=O) groups is 1. The fourth-order valence-electron chi connectivity index (χ4n) is 1.06. The van der Waals surface area contributed by atoms with Crippen molar-refractivity contribution in [3.05, 3.63) is 28.4 Å². The van der Waals surface area contributed by atoms with E-state index in [1.54, 1.807) is 11.6 Å². The van der Waals surface area contributed by atoms with Crippen molar-refractivity contribution in [2.45, 2.75) is 0 Å². The summed E-state index contributed by atoms with van der Waals surface area (Å²) in [4.78, 5) is 15.3. The molecule has 0 radical (unpaired) electrons. The second-order valence-corrected chi connectivity index (χ2v) is 4.49. The monoisotopic (exact) mass is 257 g/mol. The van der Waals surface area contributed by atoms with Crippen LogP contribution in [0.4, 0.5) is 0 Å². The van der Waals surface area contributed by atoms with E-state index in [1.165, 1.54) is 24.5 Å². The van der Waals surface area contributed by atoms with E-state index in [4.69, 9.17) is 0 Å². The van der Waals surface area contributed by atoms with Crippen molar-refractivity contribution in [1.29, 1.82) is 0 Å². The summed E-state index contributed by atoms with van der Waals surface area (Å²) >= 11 is -0.320. The van der Waals surface area contributed by atoms with Gasteiger partial charge in [-0.2, -0.15) is 4.72 Å². The van der Waals surface area contributed by atoms with E-state index in [0.29, 0.717) is 10.7 Å². The van der Waals surface area contributed by atoms with Crippen LogP contribution in [0.2, 0.25) is 0 Å². The number of allylic oxidation sites excluding steroid dienone is 1. The summed E-state index contributed by atoms with van der Waals surface area (Å²) in [5.41, 5.74) is 0.522. The highest BCUT2D eigenvalue weighted by Gasteiger charge is 2.24. The molecule has 0 aromatic carbocycles. The molecule has 0 saturated heterocycles. The fourth-order valence-corrected chi connectivity index (χ4v) is 2.41. The lowest BCUT2D eigenvalue weighted by Gasteiger charge is -2.12. The number of carbonyl (C=O) groups excluding carboxylic acids is 1. The highest BCUT2D eigenvalue weighted by molar-refractivity contribution is 7.88. The highest BCUT2D eigenvalue weighted by atomic mass is 32.2. The summed E-state index contributed by atoms with van der Waals surface area (Å²) in [7, 11) is 1.25. The van der Waals surface area contributed by atoms with Crippen LogP contribution in [0.15, 0.2) is 27.7 Å². The molecule has 1 atom stereocenters. The Hall–Kier alpha value is -1.38. The molecule has 1 aromatic heterocycles. The van der Waals surface area contributed by atoms with Gasteiger partial charge in [0, 0.05) is 17.7 Å². The van der Waals surface area contributed by atoms with Crippen molar-refractivity contribution in [2.75, 3.05) is 7.11 Å². The molecule has 2 heterocycles. The summed E-state index contributed by atoms with van der Waals surface area (Å²) in [6.45, 7) is 0. The molecule has 2 rings (SSSR count). The zero-order valence-corrected chi connectivity index (χ0v) is 9.80. The van der Waals surface area contributed by atoms with E-state index >= 15 is 0 Å². The predicted octanol–water partition coefficient (Wildman–Crippen LogP) is 0.171. The van der Waals surface area contributed by atoms with Gasteiger partial charge in [-0.1, -0.05) is 0 Å². The van der Waals surface area contributed by atoms with E-state index in [1.807, 2.05) is 0 Å². The molecule has 1 unspecified atom stereocenters. The van der Waals surface area contributed by atoms with Gasteiger partial charge in [0.15, 0.2) is 11.4 Å². The minimum atomic E-state index is -1.67. The lowest BCUT2D eigenvalue weighted by molar-refractivity contribution is -0.136. The summed E-state index contributed by atoms with van der Waals surface area (Å²) in [6, 6.07) is 0. The molecule has 1 aromatic rings. The van der Waals surface area contributed by atoms with Gasteiger partial charge in [-0.3, -0.25) is 0 Å². The third-order valence-corrected chi connectivity index (χ3v) is 3.27. The first-order chi connectivity index (χ1) is 7.70. The van der Waals surface area contributed by atoms with E-state index < -0.39 is 17.5 Å². The molecule has 1 aliphatic heterocycles. The topological polar surface area (TPSA) is 86.6 Å². The molecule has 1 N–H and O–H groups in total. The van der Waals surface area contributed by atoms with Crippen LogP contribution >= 0.6 is 11.3 Å². The van der Waals surface area contributed by atoms with Crippen molar-refractivity contribution in [1.82, 2.24) is 9.71 Å². The summed E-state index contributed by atoms with van der Waals surface area (Å²) in [5.74, 6) is -0.586. The standard InChI is InChI=1S/C8H7N3O3S2/c1-14-8(12)6-4-5(10-16(13)11-6)7-9-2-3-15-7/h2-4,11H,1H3. The van der Waals surface area contributed by atoms with Crippen LogP contribution in [0, 0.1) is 0 Å². The third-order valence-electron chi connectivity index (χ3n) is 1.72. The van der Waals surface area contributed by atoms with Crippen molar-refractivity contribution in [2.24, 2.45) is 4.40 Å². The highest BCUT2D eigenvalue weighted by Crippen LogP contribution is 2.14. The molecule has 0 amide bonds. The average Bonchev–Trinajstić information content (AvgIpc) is 2.80. The lowest BCUT2D eigenvalue weighted by Crippen LogP contribution is -2.31. The maximum atomic E-state index is 11.3. The van der Waals surface area contributed by atoms with Gasteiger partial charge >= 0.3 is 5.97 Å². The van der Waals surface area contributed by atoms with Crippen LogP contribution in [0.25, 0.3) is 0 Å². The van der Waals surface area contributed by atoms with E-state index in [2.05, 4.69) is 18.8 Å². The number of hydrogen-bond acceptors (Lipinski definition) is 7. The zero-order valence-electron chi connectivity index (χ0n) is 8.17. The first-order valence-corrected chi connectivity index (χ1v) is 6.16. The Labute approximate surface area is 98.5 Å². The van der Waals surface area contributed by atoms with Crippen LogP contribution in [-0.4, -0.2) is 28.3 Å². The number of nitrogens with one attached hydrogen (secondary N) is 1. The second-order valence-electron chi connectivity index (χ2n) is 2.71. The van der Waals surface area contributed by atoms with Gasteiger partial charge in [0.05, 0.1) is 7.11 Å². The summed E-state index contributed by atoms with van der Waals surface area (Å²) in [6.07, 6.45) is 3.07. The molecule has 84 valence electrons. The van der Waals surface area contributed by atoms with Crippen molar-refractivity contribution in [3.63, 3.8) is 0 Å². The smallest absolute Gasteiger partial charge is 0.358 e. The molecule has 1 aliphatic rings. The van der Waals surface area contributed by atoms with E-state index in [9.17, 15) is 9.35 Å².